The number of halogens is 2. The lowest BCUT2D eigenvalue weighted by molar-refractivity contribution is 0.328. The summed E-state index contributed by atoms with van der Waals surface area (Å²) in [6.45, 7) is 14.8. The fourth-order valence-corrected chi connectivity index (χ4v) is 6.59. The molecule has 0 aliphatic heterocycles. The lowest BCUT2D eigenvalue weighted by Crippen LogP contribution is -2.29. The highest BCUT2D eigenvalue weighted by Gasteiger charge is 2.20. The Balaban J connectivity index is 0. The average Bonchev–Trinajstić information content (AvgIpc) is 2.37. The summed E-state index contributed by atoms with van der Waals surface area (Å²) in [5.74, 6) is 1.56. The third-order valence-corrected chi connectivity index (χ3v) is 8.94. The second-order valence-corrected chi connectivity index (χ2v) is 15.7. The normalized spacial score (nSPS) is 12.0. The molecule has 0 aromatic heterocycles. The van der Waals surface area contributed by atoms with Crippen LogP contribution in [-0.2, 0) is 8.85 Å². The van der Waals surface area contributed by atoms with Gasteiger partial charge >= 0.3 is 0 Å². The van der Waals surface area contributed by atoms with Crippen molar-refractivity contribution in [3.63, 3.8) is 0 Å². The van der Waals surface area contributed by atoms with Crippen molar-refractivity contribution in [1.29, 1.82) is 0 Å². The SMILES string of the molecule is CCO[Si](C)(C)CCCCCl.CCO[Si](C)(C)CCCCl. The summed E-state index contributed by atoms with van der Waals surface area (Å²) in [6, 6.07) is 2.43. The van der Waals surface area contributed by atoms with Gasteiger partial charge in [0.05, 0.1) is 0 Å². The second-order valence-electron chi connectivity index (χ2n) is 6.32. The molecule has 6 heteroatoms. The first kappa shape index (κ1) is 24.2. The van der Waals surface area contributed by atoms with Crippen LogP contribution in [0.4, 0.5) is 0 Å². The van der Waals surface area contributed by atoms with Gasteiger partial charge in [-0.2, -0.15) is 0 Å². The van der Waals surface area contributed by atoms with E-state index in [1.807, 2.05) is 0 Å². The fraction of sp³-hybridized carbons (Fsp3) is 1.00. The van der Waals surface area contributed by atoms with E-state index in [0.717, 1.165) is 37.8 Å². The summed E-state index contributed by atoms with van der Waals surface area (Å²) in [6.07, 6.45) is 3.45. The lowest BCUT2D eigenvalue weighted by atomic mass is 10.4. The molecule has 21 heavy (non-hydrogen) atoms. The van der Waals surface area contributed by atoms with Gasteiger partial charge in [-0.3, -0.25) is 0 Å². The smallest absolute Gasteiger partial charge is 0.186 e. The minimum Gasteiger partial charge on any atom is -0.418 e. The molecule has 0 saturated heterocycles. The number of unbranched alkanes of at least 4 members (excludes halogenated alkanes) is 1. The highest BCUT2D eigenvalue weighted by atomic mass is 35.5. The first-order chi connectivity index (χ1) is 9.74. The zero-order chi connectivity index (χ0) is 16.8. The van der Waals surface area contributed by atoms with Crippen molar-refractivity contribution in [2.45, 2.75) is 71.4 Å². The predicted octanol–water partition coefficient (Wildman–Crippen LogP) is 6.10. The molecule has 0 saturated carbocycles. The molecule has 0 atom stereocenters. The van der Waals surface area contributed by atoms with E-state index in [1.165, 1.54) is 18.5 Å². The van der Waals surface area contributed by atoms with Gasteiger partial charge in [-0.1, -0.05) is 6.42 Å². The van der Waals surface area contributed by atoms with Gasteiger partial charge in [-0.15, -0.1) is 23.2 Å². The number of rotatable bonds is 11. The number of hydrogen-bond donors (Lipinski definition) is 0. The summed E-state index contributed by atoms with van der Waals surface area (Å²) < 4.78 is 11.3. The molecule has 2 nitrogen and oxygen atoms in total. The maximum absolute atomic E-state index is 5.67. The summed E-state index contributed by atoms with van der Waals surface area (Å²) >= 11 is 11.2. The Morgan fingerprint density at radius 1 is 0.667 bits per heavy atom. The van der Waals surface area contributed by atoms with Crippen LogP contribution in [0.3, 0.4) is 0 Å². The Hall–Kier alpha value is 0.934. The molecule has 0 aliphatic carbocycles. The van der Waals surface area contributed by atoms with Crippen LogP contribution >= 0.6 is 23.2 Å². The van der Waals surface area contributed by atoms with Gasteiger partial charge in [0.15, 0.2) is 16.6 Å². The zero-order valence-corrected chi connectivity index (χ0v) is 18.4. The summed E-state index contributed by atoms with van der Waals surface area (Å²) in [7, 11) is -2.61. The highest BCUT2D eigenvalue weighted by Crippen LogP contribution is 2.15. The van der Waals surface area contributed by atoms with Crippen LogP contribution in [0, 0.1) is 0 Å². The Morgan fingerprint density at radius 3 is 1.38 bits per heavy atom. The van der Waals surface area contributed by atoms with Crippen LogP contribution in [0.1, 0.15) is 33.1 Å². The molecule has 0 rings (SSSR count). The Bertz CT molecular complexity index is 228. The monoisotopic (exact) mass is 374 g/mol. The topological polar surface area (TPSA) is 18.5 Å². The summed E-state index contributed by atoms with van der Waals surface area (Å²) in [5.41, 5.74) is 0. The quantitative estimate of drug-likeness (QED) is 0.247. The van der Waals surface area contributed by atoms with Gasteiger partial charge in [0.1, 0.15) is 0 Å². The van der Waals surface area contributed by atoms with Gasteiger partial charge in [-0.25, -0.2) is 0 Å². The van der Waals surface area contributed by atoms with E-state index in [-0.39, 0.29) is 0 Å². The Labute approximate surface area is 145 Å². The second kappa shape index (κ2) is 14.5. The molecule has 0 aromatic carbocycles. The van der Waals surface area contributed by atoms with Crippen molar-refractivity contribution >= 4 is 39.8 Å². The van der Waals surface area contributed by atoms with Crippen molar-refractivity contribution in [3.05, 3.63) is 0 Å². The minimum atomic E-state index is -1.31. The molecule has 0 N–H and O–H groups in total. The lowest BCUT2D eigenvalue weighted by Gasteiger charge is -2.21. The molecule has 0 spiro atoms. The van der Waals surface area contributed by atoms with Gasteiger partial charge in [0, 0.05) is 25.0 Å². The van der Waals surface area contributed by atoms with Crippen LogP contribution in [0.15, 0.2) is 0 Å². The van der Waals surface area contributed by atoms with Crippen LogP contribution in [0.5, 0.6) is 0 Å². The minimum absolute atomic E-state index is 0.767. The van der Waals surface area contributed by atoms with Crippen molar-refractivity contribution in [2.24, 2.45) is 0 Å². The molecule has 0 heterocycles. The predicted molar refractivity (Wildman–Crippen MR) is 103 cm³/mol. The van der Waals surface area contributed by atoms with Crippen LogP contribution < -0.4 is 0 Å². The maximum atomic E-state index is 5.67. The van der Waals surface area contributed by atoms with E-state index in [4.69, 9.17) is 32.1 Å². The van der Waals surface area contributed by atoms with Gasteiger partial charge in [0.25, 0.3) is 0 Å². The van der Waals surface area contributed by atoms with E-state index in [2.05, 4.69) is 40.0 Å². The molecule has 0 fully saturated rings. The Morgan fingerprint density at radius 2 is 1.05 bits per heavy atom. The molecular formula is C15H36Cl2O2Si2. The van der Waals surface area contributed by atoms with Crippen LogP contribution in [0.2, 0.25) is 38.3 Å². The van der Waals surface area contributed by atoms with E-state index >= 15 is 0 Å². The first-order valence-electron chi connectivity index (χ1n) is 8.14. The van der Waals surface area contributed by atoms with Gasteiger partial charge in [-0.05, 0) is 65.0 Å². The Kier molecular flexibility index (Phi) is 16.7. The molecule has 0 bridgehead atoms. The molecule has 0 aliphatic rings. The van der Waals surface area contributed by atoms with Crippen molar-refractivity contribution in [3.8, 4) is 0 Å². The van der Waals surface area contributed by atoms with E-state index < -0.39 is 16.6 Å². The highest BCUT2D eigenvalue weighted by molar-refractivity contribution is 6.71. The van der Waals surface area contributed by atoms with Crippen molar-refractivity contribution in [1.82, 2.24) is 0 Å². The average molecular weight is 376 g/mol. The van der Waals surface area contributed by atoms with E-state index in [1.54, 1.807) is 0 Å². The van der Waals surface area contributed by atoms with Crippen LogP contribution in [-0.4, -0.2) is 41.6 Å². The molecular weight excluding hydrogens is 339 g/mol. The summed E-state index contributed by atoms with van der Waals surface area (Å²) in [4.78, 5) is 0. The first-order valence-corrected chi connectivity index (χ1v) is 15.4. The number of hydrogen-bond acceptors (Lipinski definition) is 2. The number of alkyl halides is 2. The van der Waals surface area contributed by atoms with E-state index in [9.17, 15) is 0 Å². The largest absolute Gasteiger partial charge is 0.418 e. The third-order valence-electron chi connectivity index (χ3n) is 3.15. The van der Waals surface area contributed by atoms with Gasteiger partial charge in [0.2, 0.25) is 0 Å². The van der Waals surface area contributed by atoms with Crippen molar-refractivity contribution < 1.29 is 8.85 Å². The van der Waals surface area contributed by atoms with Crippen LogP contribution in [0.25, 0.3) is 0 Å². The fourth-order valence-electron chi connectivity index (χ4n) is 2.06. The molecule has 0 aromatic rings. The standard InChI is InChI=1S/C8H19ClOSi.C7H17ClOSi/c1-4-10-11(2,3)8-6-5-7-9;1-4-9-10(2,3)7-5-6-8/h4-8H2,1-3H3;4-7H2,1-3H3. The van der Waals surface area contributed by atoms with Gasteiger partial charge < -0.3 is 8.85 Å². The zero-order valence-electron chi connectivity index (χ0n) is 14.9. The van der Waals surface area contributed by atoms with Crippen molar-refractivity contribution in [2.75, 3.05) is 25.0 Å². The van der Waals surface area contributed by atoms with E-state index in [0.29, 0.717) is 0 Å². The third kappa shape index (κ3) is 18.9. The molecule has 0 unspecified atom stereocenters. The molecule has 0 amide bonds. The summed E-state index contributed by atoms with van der Waals surface area (Å²) in [5, 5.41) is 0. The maximum Gasteiger partial charge on any atom is 0.186 e. The molecule has 130 valence electrons. The molecule has 0 radical (unpaired) electrons.